The normalized spacial score (nSPS) is 47.8. The van der Waals surface area contributed by atoms with Gasteiger partial charge in [0.25, 0.3) is 0 Å². The Labute approximate surface area is 188 Å². The average molecular weight is 419 g/mol. The second-order valence-corrected chi connectivity index (χ2v) is 11.7. The summed E-state index contributed by atoms with van der Waals surface area (Å²) in [5.74, 6) is 0. The molecule has 10 rings (SSSR count). The Hall–Kier alpha value is -2.42. The summed E-state index contributed by atoms with van der Waals surface area (Å²) in [5.41, 5.74) is 5.71. The van der Waals surface area contributed by atoms with Gasteiger partial charge in [-0.25, -0.2) is 0 Å². The van der Waals surface area contributed by atoms with Gasteiger partial charge in [-0.3, -0.25) is 0 Å². The largest absolute Gasteiger partial charge is 0.380 e. The lowest BCUT2D eigenvalue weighted by Gasteiger charge is -2.51. The van der Waals surface area contributed by atoms with Crippen molar-refractivity contribution in [2.45, 2.75) is 36.9 Å². The van der Waals surface area contributed by atoms with Crippen molar-refractivity contribution in [3.63, 3.8) is 0 Å². The zero-order valence-corrected chi connectivity index (χ0v) is 18.1. The van der Waals surface area contributed by atoms with Crippen LogP contribution in [0.5, 0.6) is 0 Å². The smallest absolute Gasteiger partial charge is 0.126 e. The maximum atomic E-state index is 7.74. The van der Waals surface area contributed by atoms with Gasteiger partial charge in [0, 0.05) is 21.7 Å². The number of hydrogen-bond acceptors (Lipinski definition) is 2. The van der Waals surface area contributed by atoms with Crippen LogP contribution >= 0.6 is 0 Å². The van der Waals surface area contributed by atoms with Gasteiger partial charge in [-0.05, 0) is 47.9 Å². The molecule has 4 spiro atoms. The molecule has 0 N–H and O–H groups in total. The van der Waals surface area contributed by atoms with E-state index in [4.69, 9.17) is 9.47 Å². The Bertz CT molecular complexity index is 1200. The van der Waals surface area contributed by atoms with Crippen LogP contribution in [0.15, 0.2) is 84.9 Å². The molecule has 2 nitrogen and oxygen atoms in total. The number of rotatable bonds is 2. The SMILES string of the molecule is c1ccc(C23OC(c4ccccc4)(c4ccccc42)C24CC56COCC5(CC32C6)C4)cc1. The van der Waals surface area contributed by atoms with Gasteiger partial charge in [0.1, 0.15) is 11.2 Å². The van der Waals surface area contributed by atoms with E-state index < -0.39 is 0 Å². The second-order valence-electron chi connectivity index (χ2n) is 11.7. The fraction of sp³-hybridized carbons (Fsp3) is 0.400. The number of fused-ring (bicyclic) bond motifs is 5. The molecule has 2 heteroatoms. The highest BCUT2D eigenvalue weighted by molar-refractivity contribution is 5.65. The van der Waals surface area contributed by atoms with Gasteiger partial charge >= 0.3 is 0 Å². The Morgan fingerprint density at radius 1 is 0.500 bits per heavy atom. The van der Waals surface area contributed by atoms with Crippen molar-refractivity contribution >= 4 is 0 Å². The van der Waals surface area contributed by atoms with Crippen LogP contribution in [-0.4, -0.2) is 13.2 Å². The topological polar surface area (TPSA) is 18.5 Å². The minimum atomic E-state index is -0.377. The fourth-order valence-corrected chi connectivity index (χ4v) is 10.6. The molecule has 6 bridgehead atoms. The van der Waals surface area contributed by atoms with E-state index in [1.54, 1.807) is 0 Å². The van der Waals surface area contributed by atoms with E-state index in [0.29, 0.717) is 10.8 Å². The molecule has 0 radical (unpaired) electrons. The summed E-state index contributed by atoms with van der Waals surface area (Å²) in [5, 5.41) is 0. The second kappa shape index (κ2) is 4.76. The Balaban J connectivity index is 1.47. The molecule has 0 amide bonds. The lowest BCUT2D eigenvalue weighted by Crippen LogP contribution is -2.52. The van der Waals surface area contributed by atoms with Crippen molar-refractivity contribution in [2.24, 2.45) is 21.7 Å². The molecule has 4 saturated carbocycles. The molecule has 4 aliphatic carbocycles. The van der Waals surface area contributed by atoms with E-state index in [1.165, 1.54) is 47.9 Å². The Morgan fingerprint density at radius 3 is 1.34 bits per heavy atom. The third kappa shape index (κ3) is 1.30. The molecule has 2 unspecified atom stereocenters. The summed E-state index contributed by atoms with van der Waals surface area (Å²) in [6, 6.07) is 31.6. The molecular weight excluding hydrogens is 392 g/mol. The van der Waals surface area contributed by atoms with Gasteiger partial charge in [-0.15, -0.1) is 0 Å². The molecule has 7 aliphatic rings. The summed E-state index contributed by atoms with van der Waals surface area (Å²) < 4.78 is 14.0. The van der Waals surface area contributed by atoms with Gasteiger partial charge in [-0.2, -0.15) is 0 Å². The molecule has 2 atom stereocenters. The van der Waals surface area contributed by atoms with Crippen molar-refractivity contribution in [1.82, 2.24) is 0 Å². The summed E-state index contributed by atoms with van der Waals surface area (Å²) in [6.45, 7) is 1.89. The summed E-state index contributed by atoms with van der Waals surface area (Å²) in [4.78, 5) is 0. The van der Waals surface area contributed by atoms with Crippen LogP contribution < -0.4 is 0 Å². The van der Waals surface area contributed by atoms with E-state index >= 15 is 0 Å². The molecule has 158 valence electrons. The van der Waals surface area contributed by atoms with Crippen molar-refractivity contribution in [3.8, 4) is 0 Å². The number of hydrogen-bond donors (Lipinski definition) is 0. The van der Waals surface area contributed by atoms with Crippen LogP contribution in [0.1, 0.15) is 47.9 Å². The predicted octanol–water partition coefficient (Wildman–Crippen LogP) is 5.79. The quantitative estimate of drug-likeness (QED) is 0.524. The maximum Gasteiger partial charge on any atom is 0.126 e. The van der Waals surface area contributed by atoms with Gasteiger partial charge in [-0.1, -0.05) is 84.9 Å². The molecule has 3 aromatic carbocycles. The minimum absolute atomic E-state index is 0.134. The van der Waals surface area contributed by atoms with Gasteiger partial charge in [0.15, 0.2) is 0 Å². The van der Waals surface area contributed by atoms with E-state index in [-0.39, 0.29) is 22.0 Å². The van der Waals surface area contributed by atoms with Crippen molar-refractivity contribution in [1.29, 1.82) is 0 Å². The van der Waals surface area contributed by atoms with E-state index in [0.717, 1.165) is 13.2 Å². The van der Waals surface area contributed by atoms with Crippen LogP contribution in [0, 0.1) is 21.7 Å². The van der Waals surface area contributed by atoms with E-state index in [2.05, 4.69) is 84.9 Å². The molecule has 3 heterocycles. The highest BCUT2D eigenvalue weighted by atomic mass is 16.5. The molecule has 2 saturated heterocycles. The van der Waals surface area contributed by atoms with Crippen LogP contribution in [0.2, 0.25) is 0 Å². The summed E-state index contributed by atoms with van der Waals surface area (Å²) >= 11 is 0. The number of ether oxygens (including phenoxy) is 2. The summed E-state index contributed by atoms with van der Waals surface area (Å²) in [6.07, 6.45) is 4.99. The first kappa shape index (κ1) is 17.1. The zero-order chi connectivity index (χ0) is 20.9. The molecule has 3 aliphatic heterocycles. The highest BCUT2D eigenvalue weighted by Crippen LogP contribution is 2.99. The van der Waals surface area contributed by atoms with Crippen molar-refractivity contribution in [2.75, 3.05) is 13.2 Å². The fourth-order valence-electron chi connectivity index (χ4n) is 10.6. The Morgan fingerprint density at radius 2 is 0.906 bits per heavy atom. The molecular formula is C30H26O2. The van der Waals surface area contributed by atoms with Crippen molar-refractivity contribution in [3.05, 3.63) is 107 Å². The van der Waals surface area contributed by atoms with Gasteiger partial charge in [0.2, 0.25) is 0 Å². The lowest BCUT2D eigenvalue weighted by atomic mass is 9.47. The minimum Gasteiger partial charge on any atom is -0.380 e. The van der Waals surface area contributed by atoms with Crippen LogP contribution in [0.3, 0.4) is 0 Å². The molecule has 0 aromatic heterocycles. The molecule has 32 heavy (non-hydrogen) atoms. The lowest BCUT2D eigenvalue weighted by molar-refractivity contribution is -0.0884. The third-order valence-corrected chi connectivity index (χ3v) is 11.1. The summed E-state index contributed by atoms with van der Waals surface area (Å²) in [7, 11) is 0. The monoisotopic (exact) mass is 418 g/mol. The maximum absolute atomic E-state index is 7.74. The highest BCUT2D eigenvalue weighted by Gasteiger charge is 2.98. The van der Waals surface area contributed by atoms with E-state index in [9.17, 15) is 0 Å². The number of benzene rings is 3. The zero-order valence-electron chi connectivity index (χ0n) is 18.1. The van der Waals surface area contributed by atoms with Gasteiger partial charge in [0.05, 0.1) is 13.2 Å². The van der Waals surface area contributed by atoms with Crippen LogP contribution in [0.4, 0.5) is 0 Å². The first-order valence-corrected chi connectivity index (χ1v) is 12.2. The van der Waals surface area contributed by atoms with Crippen LogP contribution in [0.25, 0.3) is 0 Å². The molecule has 3 aromatic rings. The van der Waals surface area contributed by atoms with Crippen LogP contribution in [-0.2, 0) is 20.7 Å². The van der Waals surface area contributed by atoms with Crippen molar-refractivity contribution < 1.29 is 9.47 Å². The molecule has 6 fully saturated rings. The third-order valence-electron chi connectivity index (χ3n) is 11.1. The first-order valence-electron chi connectivity index (χ1n) is 12.2. The first-order chi connectivity index (χ1) is 15.7. The Kier molecular flexibility index (Phi) is 2.54. The average Bonchev–Trinajstić information content (AvgIpc) is 3.62. The van der Waals surface area contributed by atoms with Gasteiger partial charge < -0.3 is 9.47 Å². The standard InChI is InChI=1S/C30H26O2/c1-3-9-21(10-4-1)29-23-13-7-8-14-24(23)30(32-29,22-11-5-2-6-12-22)28-17-25-15-27(28,29)16-26(25,18-28)20-31-19-25/h1-14H,15-20H2. The predicted molar refractivity (Wildman–Crippen MR) is 121 cm³/mol. The van der Waals surface area contributed by atoms with E-state index in [1.807, 2.05) is 0 Å².